The number of sulfonamides is 1. The Morgan fingerprint density at radius 2 is 1.94 bits per heavy atom. The van der Waals surface area contributed by atoms with Crippen molar-refractivity contribution >= 4 is 21.7 Å². The third-order valence-corrected chi connectivity index (χ3v) is 7.13. The van der Waals surface area contributed by atoms with Gasteiger partial charge in [0.05, 0.1) is 10.6 Å². The van der Waals surface area contributed by atoms with Crippen molar-refractivity contribution in [2.45, 2.75) is 44.1 Å². The molecule has 0 saturated heterocycles. The number of benzene rings is 1. The van der Waals surface area contributed by atoms with Crippen LogP contribution in [0.5, 0.6) is 0 Å². The molecule has 0 atom stereocenters. The normalized spacial score (nSPS) is 16.2. The maximum Gasteiger partial charge on any atom is 0.410 e. The maximum absolute atomic E-state index is 12.4. The summed E-state index contributed by atoms with van der Waals surface area (Å²) in [7, 11) is -2.12. The third kappa shape index (κ3) is 5.02. The van der Waals surface area contributed by atoms with E-state index >= 15 is 0 Å². The van der Waals surface area contributed by atoms with Crippen LogP contribution in [0.15, 0.2) is 59.1 Å². The molecule has 0 saturated carbocycles. The lowest BCUT2D eigenvalue weighted by Crippen LogP contribution is -2.39. The van der Waals surface area contributed by atoms with Gasteiger partial charge in [0.15, 0.2) is 0 Å². The first-order valence-corrected chi connectivity index (χ1v) is 12.5. The van der Waals surface area contributed by atoms with E-state index in [1.165, 1.54) is 12.6 Å². The van der Waals surface area contributed by atoms with Crippen molar-refractivity contribution in [1.29, 1.82) is 0 Å². The molecule has 4 rings (SSSR count). The lowest BCUT2D eigenvalue weighted by atomic mass is 9.94. The van der Waals surface area contributed by atoms with Gasteiger partial charge in [0.25, 0.3) is 0 Å². The number of aromatic nitrogens is 1. The van der Waals surface area contributed by atoms with Crippen molar-refractivity contribution in [3.05, 3.63) is 65.5 Å². The van der Waals surface area contributed by atoms with Crippen molar-refractivity contribution in [2.24, 2.45) is 0 Å². The van der Waals surface area contributed by atoms with E-state index in [0.717, 1.165) is 40.8 Å². The van der Waals surface area contributed by atoms with Crippen LogP contribution in [-0.2, 0) is 21.2 Å². The molecule has 2 heterocycles. The van der Waals surface area contributed by atoms with Gasteiger partial charge in [-0.1, -0.05) is 24.3 Å². The average molecular weight is 468 g/mol. The molecule has 7 nitrogen and oxygen atoms in total. The quantitative estimate of drug-likeness (QED) is 0.729. The molecule has 33 heavy (non-hydrogen) atoms. The molecule has 0 unspecified atom stereocenters. The third-order valence-electron chi connectivity index (χ3n) is 5.71. The molecular formula is C25H29N3O4S. The first-order chi connectivity index (χ1) is 15.6. The summed E-state index contributed by atoms with van der Waals surface area (Å²) in [4.78, 5) is 18.9. The lowest BCUT2D eigenvalue weighted by molar-refractivity contribution is 0.0267. The van der Waals surface area contributed by atoms with Crippen LogP contribution in [0.3, 0.4) is 0 Å². The molecule has 0 spiro atoms. The van der Waals surface area contributed by atoms with Crippen molar-refractivity contribution < 1.29 is 17.9 Å². The number of hydrogen-bond donors (Lipinski definition) is 1. The maximum atomic E-state index is 12.4. The van der Waals surface area contributed by atoms with E-state index in [1.807, 2.05) is 26.8 Å². The fourth-order valence-corrected chi connectivity index (χ4v) is 4.80. The second kappa shape index (κ2) is 8.76. The summed E-state index contributed by atoms with van der Waals surface area (Å²) in [5, 5.41) is 0. The van der Waals surface area contributed by atoms with Gasteiger partial charge in [-0.05, 0) is 69.1 Å². The van der Waals surface area contributed by atoms with Gasteiger partial charge in [0.2, 0.25) is 10.0 Å². The lowest BCUT2D eigenvalue weighted by Gasteiger charge is -2.30. The predicted molar refractivity (Wildman–Crippen MR) is 128 cm³/mol. The van der Waals surface area contributed by atoms with Gasteiger partial charge in [-0.2, -0.15) is 0 Å². The Hall–Kier alpha value is -2.97. The van der Waals surface area contributed by atoms with Crippen molar-refractivity contribution in [1.82, 2.24) is 14.6 Å². The SMILES string of the molecule is CNS(=O)(=O)c1cccc(-c2cnc3c(c2)C(C2=CCN(C(=O)OC(C)(C)C)CC2)=CC3)c1. The smallest absolute Gasteiger partial charge is 0.410 e. The molecule has 1 amide bonds. The van der Waals surface area contributed by atoms with Crippen LogP contribution >= 0.6 is 0 Å². The number of carbonyl (C=O) groups excluding carboxylic acids is 1. The molecule has 0 radical (unpaired) electrons. The van der Waals surface area contributed by atoms with Crippen LogP contribution in [0.1, 0.15) is 38.4 Å². The van der Waals surface area contributed by atoms with Gasteiger partial charge >= 0.3 is 6.09 Å². The number of rotatable bonds is 4. The molecular weight excluding hydrogens is 438 g/mol. The molecule has 174 valence electrons. The molecule has 1 aliphatic carbocycles. The zero-order valence-electron chi connectivity index (χ0n) is 19.4. The summed E-state index contributed by atoms with van der Waals surface area (Å²) >= 11 is 0. The molecule has 2 aliphatic rings. The summed E-state index contributed by atoms with van der Waals surface area (Å²) in [5.41, 5.74) is 5.54. The minimum atomic E-state index is -3.53. The summed E-state index contributed by atoms with van der Waals surface area (Å²) in [6.07, 6.45) is 7.26. The topological polar surface area (TPSA) is 88.6 Å². The highest BCUT2D eigenvalue weighted by Gasteiger charge is 2.26. The summed E-state index contributed by atoms with van der Waals surface area (Å²) < 4.78 is 32.2. The monoisotopic (exact) mass is 467 g/mol. The number of nitrogens with one attached hydrogen (secondary N) is 1. The molecule has 0 fully saturated rings. The Bertz CT molecular complexity index is 1260. The first-order valence-electron chi connectivity index (χ1n) is 11.0. The molecule has 2 aromatic rings. The zero-order chi connectivity index (χ0) is 23.8. The van der Waals surface area contributed by atoms with Crippen LogP contribution in [0.4, 0.5) is 4.79 Å². The number of carbonyl (C=O) groups is 1. The highest BCUT2D eigenvalue weighted by Crippen LogP contribution is 2.37. The minimum Gasteiger partial charge on any atom is -0.444 e. The van der Waals surface area contributed by atoms with Crippen molar-refractivity contribution in [3.8, 4) is 11.1 Å². The van der Waals surface area contributed by atoms with Gasteiger partial charge in [-0.25, -0.2) is 17.9 Å². The Balaban J connectivity index is 1.57. The van der Waals surface area contributed by atoms with Crippen LogP contribution < -0.4 is 4.72 Å². The van der Waals surface area contributed by atoms with E-state index in [1.54, 1.807) is 29.3 Å². The molecule has 1 N–H and O–H groups in total. The Labute approximate surface area is 195 Å². The van der Waals surface area contributed by atoms with E-state index in [4.69, 9.17) is 4.74 Å². The molecule has 1 aliphatic heterocycles. The Morgan fingerprint density at radius 1 is 1.15 bits per heavy atom. The highest BCUT2D eigenvalue weighted by atomic mass is 32.2. The van der Waals surface area contributed by atoms with E-state index in [2.05, 4.69) is 27.9 Å². The number of ether oxygens (including phenoxy) is 1. The molecule has 1 aromatic heterocycles. The number of allylic oxidation sites excluding steroid dienone is 2. The minimum absolute atomic E-state index is 0.219. The van der Waals surface area contributed by atoms with E-state index in [-0.39, 0.29) is 11.0 Å². The number of fused-ring (bicyclic) bond motifs is 1. The fraction of sp³-hybridized carbons (Fsp3) is 0.360. The van der Waals surface area contributed by atoms with Gasteiger partial charge in [0.1, 0.15) is 5.60 Å². The van der Waals surface area contributed by atoms with Gasteiger partial charge in [-0.3, -0.25) is 4.98 Å². The van der Waals surface area contributed by atoms with E-state index in [9.17, 15) is 13.2 Å². The number of pyridine rings is 1. The second-order valence-electron chi connectivity index (χ2n) is 9.18. The molecule has 8 heteroatoms. The first kappa shape index (κ1) is 23.2. The van der Waals surface area contributed by atoms with E-state index in [0.29, 0.717) is 13.1 Å². The van der Waals surface area contributed by atoms with E-state index < -0.39 is 15.6 Å². The van der Waals surface area contributed by atoms with Crippen LogP contribution in [0.25, 0.3) is 16.7 Å². The standard InChI is InChI=1S/C25H29N3O4S/c1-25(2,3)32-24(29)28-12-10-17(11-13-28)21-8-9-23-22(21)15-19(16-27-23)18-6-5-7-20(14-18)33(30,31)26-4/h5-8,10,14-16,26H,9,11-13H2,1-4H3. The van der Waals surface area contributed by atoms with Gasteiger partial charge < -0.3 is 9.64 Å². The fourth-order valence-electron chi connectivity index (χ4n) is 4.03. The number of amides is 1. The summed E-state index contributed by atoms with van der Waals surface area (Å²) in [6, 6.07) is 8.93. The zero-order valence-corrected chi connectivity index (χ0v) is 20.2. The van der Waals surface area contributed by atoms with Gasteiger partial charge in [-0.15, -0.1) is 0 Å². The van der Waals surface area contributed by atoms with Crippen molar-refractivity contribution in [2.75, 3.05) is 20.1 Å². The predicted octanol–water partition coefficient (Wildman–Crippen LogP) is 4.16. The van der Waals surface area contributed by atoms with Crippen LogP contribution in [0.2, 0.25) is 0 Å². The summed E-state index contributed by atoms with van der Waals surface area (Å²) in [6.45, 7) is 6.71. The van der Waals surface area contributed by atoms with Crippen LogP contribution in [-0.4, -0.2) is 50.1 Å². The highest BCUT2D eigenvalue weighted by molar-refractivity contribution is 7.89. The number of nitrogens with zero attached hydrogens (tertiary/aromatic N) is 2. The molecule has 0 bridgehead atoms. The largest absolute Gasteiger partial charge is 0.444 e. The summed E-state index contributed by atoms with van der Waals surface area (Å²) in [5.74, 6) is 0. The Kier molecular flexibility index (Phi) is 6.16. The van der Waals surface area contributed by atoms with Crippen molar-refractivity contribution in [3.63, 3.8) is 0 Å². The Morgan fingerprint density at radius 3 is 2.61 bits per heavy atom. The second-order valence-corrected chi connectivity index (χ2v) is 11.1. The van der Waals surface area contributed by atoms with Crippen LogP contribution in [0, 0.1) is 0 Å². The number of hydrogen-bond acceptors (Lipinski definition) is 5. The average Bonchev–Trinajstić information content (AvgIpc) is 3.21. The van der Waals surface area contributed by atoms with Gasteiger partial charge in [0, 0.05) is 36.8 Å². The molecule has 1 aromatic carbocycles.